The second-order valence-corrected chi connectivity index (χ2v) is 4.74. The number of carboxylic acid groups (broad SMARTS) is 1. The van der Waals surface area contributed by atoms with E-state index in [2.05, 4.69) is 4.98 Å². The third kappa shape index (κ3) is 1.54. The molecule has 4 heteroatoms. The summed E-state index contributed by atoms with van der Waals surface area (Å²) in [6.07, 6.45) is 1.63. The van der Waals surface area contributed by atoms with E-state index in [-0.39, 0.29) is 17.3 Å². The number of methoxy groups -OCH3 is 1. The van der Waals surface area contributed by atoms with Crippen LogP contribution in [0.4, 0.5) is 0 Å². The molecule has 1 saturated carbocycles. The monoisotopic (exact) mass is 221 g/mol. The predicted octanol–water partition coefficient (Wildman–Crippen LogP) is 1.91. The fourth-order valence-corrected chi connectivity index (χ4v) is 2.35. The minimum atomic E-state index is -0.743. The van der Waals surface area contributed by atoms with Gasteiger partial charge in [-0.2, -0.15) is 0 Å². The molecule has 0 amide bonds. The van der Waals surface area contributed by atoms with Gasteiger partial charge in [0.25, 0.3) is 0 Å². The Balaban J connectivity index is 2.23. The topological polar surface area (TPSA) is 59.4 Å². The van der Waals surface area contributed by atoms with Crippen molar-refractivity contribution in [3.8, 4) is 5.75 Å². The number of carbonyl (C=O) groups is 1. The van der Waals surface area contributed by atoms with Gasteiger partial charge in [0, 0.05) is 11.6 Å². The Bertz CT molecular complexity index is 411. The highest BCUT2D eigenvalue weighted by Crippen LogP contribution is 2.63. The number of hydrogen-bond acceptors (Lipinski definition) is 3. The van der Waals surface area contributed by atoms with Crippen LogP contribution < -0.4 is 4.74 Å². The fourth-order valence-electron chi connectivity index (χ4n) is 2.35. The molecule has 1 aliphatic rings. The highest BCUT2D eigenvalue weighted by atomic mass is 16.5. The molecule has 0 unspecified atom stereocenters. The third-order valence-electron chi connectivity index (χ3n) is 3.41. The molecule has 2 rings (SSSR count). The maximum absolute atomic E-state index is 11.0. The van der Waals surface area contributed by atoms with E-state index < -0.39 is 5.97 Å². The summed E-state index contributed by atoms with van der Waals surface area (Å²) in [5.41, 5.74) is 0.631. The van der Waals surface area contributed by atoms with Gasteiger partial charge in [-0.25, -0.2) is 0 Å². The lowest BCUT2D eigenvalue weighted by molar-refractivity contribution is -0.139. The summed E-state index contributed by atoms with van der Waals surface area (Å²) in [7, 11) is 1.58. The maximum Gasteiger partial charge on any atom is 0.307 e. The minimum absolute atomic E-state index is 0.0101. The number of ether oxygens (including phenoxy) is 1. The average molecular weight is 221 g/mol. The van der Waals surface area contributed by atoms with E-state index in [1.54, 1.807) is 13.3 Å². The summed E-state index contributed by atoms with van der Waals surface area (Å²) < 4.78 is 5.02. The van der Waals surface area contributed by atoms with Gasteiger partial charge in [-0.3, -0.25) is 9.78 Å². The van der Waals surface area contributed by atoms with Gasteiger partial charge < -0.3 is 9.84 Å². The molecule has 0 saturated heterocycles. The number of aromatic nitrogens is 1. The summed E-state index contributed by atoms with van der Waals surface area (Å²) in [6.45, 7) is 3.92. The van der Waals surface area contributed by atoms with E-state index in [1.807, 2.05) is 26.0 Å². The first-order valence-electron chi connectivity index (χ1n) is 5.21. The molecule has 4 nitrogen and oxygen atoms in total. The highest BCUT2D eigenvalue weighted by Gasteiger charge is 2.63. The van der Waals surface area contributed by atoms with Gasteiger partial charge in [-0.1, -0.05) is 13.8 Å². The molecule has 2 atom stereocenters. The van der Waals surface area contributed by atoms with Crippen LogP contribution in [0.5, 0.6) is 5.75 Å². The predicted molar refractivity (Wildman–Crippen MR) is 58.4 cm³/mol. The van der Waals surface area contributed by atoms with Crippen molar-refractivity contribution in [2.24, 2.45) is 11.3 Å². The van der Waals surface area contributed by atoms with E-state index >= 15 is 0 Å². The van der Waals surface area contributed by atoms with Gasteiger partial charge in [-0.15, -0.1) is 0 Å². The normalized spacial score (nSPS) is 26.2. The largest absolute Gasteiger partial charge is 0.495 e. The fraction of sp³-hybridized carbons (Fsp3) is 0.500. The van der Waals surface area contributed by atoms with Gasteiger partial charge in [0.05, 0.1) is 19.2 Å². The molecular weight excluding hydrogens is 206 g/mol. The Morgan fingerprint density at radius 1 is 1.50 bits per heavy atom. The number of carboxylic acids is 1. The quantitative estimate of drug-likeness (QED) is 0.847. The summed E-state index contributed by atoms with van der Waals surface area (Å²) in [6, 6.07) is 3.66. The highest BCUT2D eigenvalue weighted by molar-refractivity contribution is 5.77. The average Bonchev–Trinajstić information content (AvgIpc) is 2.82. The van der Waals surface area contributed by atoms with Crippen LogP contribution in [0.3, 0.4) is 0 Å². The molecule has 1 aromatic rings. The molecule has 1 aliphatic carbocycles. The first-order chi connectivity index (χ1) is 7.48. The lowest BCUT2D eigenvalue weighted by Gasteiger charge is -2.03. The van der Waals surface area contributed by atoms with E-state index in [9.17, 15) is 4.79 Å². The van der Waals surface area contributed by atoms with E-state index in [0.717, 1.165) is 5.69 Å². The smallest absolute Gasteiger partial charge is 0.307 e. The molecule has 1 aromatic heterocycles. The molecule has 0 bridgehead atoms. The zero-order valence-electron chi connectivity index (χ0n) is 9.60. The molecule has 16 heavy (non-hydrogen) atoms. The Morgan fingerprint density at radius 3 is 2.56 bits per heavy atom. The number of pyridine rings is 1. The van der Waals surface area contributed by atoms with Crippen LogP contribution >= 0.6 is 0 Å². The van der Waals surface area contributed by atoms with E-state index in [1.165, 1.54) is 0 Å². The van der Waals surface area contributed by atoms with Crippen LogP contribution in [0.2, 0.25) is 0 Å². The van der Waals surface area contributed by atoms with Crippen molar-refractivity contribution in [2.75, 3.05) is 7.11 Å². The van der Waals surface area contributed by atoms with Gasteiger partial charge in [0.1, 0.15) is 5.75 Å². The van der Waals surface area contributed by atoms with Crippen LogP contribution in [0, 0.1) is 11.3 Å². The van der Waals surface area contributed by atoms with Crippen molar-refractivity contribution in [1.29, 1.82) is 0 Å². The summed E-state index contributed by atoms with van der Waals surface area (Å²) in [4.78, 5) is 15.3. The van der Waals surface area contributed by atoms with Crippen LogP contribution in [-0.2, 0) is 4.79 Å². The van der Waals surface area contributed by atoms with Crippen molar-refractivity contribution in [2.45, 2.75) is 19.8 Å². The van der Waals surface area contributed by atoms with Crippen molar-refractivity contribution in [3.05, 3.63) is 24.0 Å². The Morgan fingerprint density at radius 2 is 2.19 bits per heavy atom. The molecule has 0 radical (unpaired) electrons. The van der Waals surface area contributed by atoms with Crippen molar-refractivity contribution >= 4 is 5.97 Å². The molecular formula is C12H15NO3. The molecule has 1 heterocycles. The van der Waals surface area contributed by atoms with Crippen molar-refractivity contribution in [1.82, 2.24) is 4.98 Å². The number of hydrogen-bond donors (Lipinski definition) is 1. The van der Waals surface area contributed by atoms with Gasteiger partial charge >= 0.3 is 5.97 Å². The van der Waals surface area contributed by atoms with Crippen LogP contribution in [0.1, 0.15) is 25.5 Å². The third-order valence-corrected chi connectivity index (χ3v) is 3.41. The Kier molecular flexibility index (Phi) is 2.37. The first kappa shape index (κ1) is 10.9. The summed E-state index contributed by atoms with van der Waals surface area (Å²) in [5.74, 6) is -0.369. The van der Waals surface area contributed by atoms with Gasteiger partial charge in [0.15, 0.2) is 0 Å². The minimum Gasteiger partial charge on any atom is -0.495 e. The standard InChI is InChI=1S/C12H15NO3/c1-12(2)9(10(12)11(14)15)8-5-4-7(16-3)6-13-8/h4-6,9-10H,1-3H3,(H,14,15)/t9-,10+/m0/s1. The Labute approximate surface area is 94.3 Å². The van der Waals surface area contributed by atoms with Crippen LogP contribution in [0.25, 0.3) is 0 Å². The van der Waals surface area contributed by atoms with Crippen LogP contribution in [-0.4, -0.2) is 23.2 Å². The van der Waals surface area contributed by atoms with Crippen molar-refractivity contribution < 1.29 is 14.6 Å². The van der Waals surface area contributed by atoms with Gasteiger partial charge in [-0.05, 0) is 17.5 Å². The number of rotatable bonds is 3. The zero-order valence-corrected chi connectivity index (χ0v) is 9.60. The Hall–Kier alpha value is -1.58. The molecule has 1 fully saturated rings. The number of aliphatic carboxylic acids is 1. The van der Waals surface area contributed by atoms with Gasteiger partial charge in [0.2, 0.25) is 0 Å². The lowest BCUT2D eigenvalue weighted by atomic mass is 10.1. The van der Waals surface area contributed by atoms with E-state index in [0.29, 0.717) is 5.75 Å². The van der Waals surface area contributed by atoms with Crippen LogP contribution in [0.15, 0.2) is 18.3 Å². The first-order valence-corrected chi connectivity index (χ1v) is 5.21. The lowest BCUT2D eigenvalue weighted by Crippen LogP contribution is -2.03. The van der Waals surface area contributed by atoms with E-state index in [4.69, 9.17) is 9.84 Å². The second-order valence-electron chi connectivity index (χ2n) is 4.74. The molecule has 86 valence electrons. The molecule has 1 N–H and O–H groups in total. The zero-order chi connectivity index (χ0) is 11.9. The summed E-state index contributed by atoms with van der Waals surface area (Å²) in [5, 5.41) is 9.07. The molecule has 0 spiro atoms. The second kappa shape index (κ2) is 3.47. The number of nitrogens with zero attached hydrogens (tertiary/aromatic N) is 1. The summed E-state index contributed by atoms with van der Waals surface area (Å²) >= 11 is 0. The molecule has 0 aliphatic heterocycles. The SMILES string of the molecule is COc1ccc([C@H]2[C@H](C(=O)O)C2(C)C)nc1. The molecule has 0 aromatic carbocycles. The maximum atomic E-state index is 11.0. The van der Waals surface area contributed by atoms with Crippen molar-refractivity contribution in [3.63, 3.8) is 0 Å².